The van der Waals surface area contributed by atoms with E-state index in [0.717, 1.165) is 29.3 Å². The highest BCUT2D eigenvalue weighted by atomic mass is 32.2. The highest BCUT2D eigenvalue weighted by Gasteiger charge is 2.31. The van der Waals surface area contributed by atoms with E-state index in [4.69, 9.17) is 0 Å². The van der Waals surface area contributed by atoms with Crippen LogP contribution in [0.2, 0.25) is 0 Å². The molecule has 9 heteroatoms. The van der Waals surface area contributed by atoms with Crippen LogP contribution in [0.4, 0.5) is 8.78 Å². The van der Waals surface area contributed by atoms with Gasteiger partial charge in [0.2, 0.25) is 15.9 Å². The molecule has 0 bridgehead atoms. The molecule has 1 saturated carbocycles. The fourth-order valence-electron chi connectivity index (χ4n) is 3.85. The van der Waals surface area contributed by atoms with Crippen LogP contribution in [-0.2, 0) is 14.8 Å². The van der Waals surface area contributed by atoms with Crippen molar-refractivity contribution in [3.05, 3.63) is 29.8 Å². The maximum atomic E-state index is 13.9. The van der Waals surface area contributed by atoms with Crippen molar-refractivity contribution in [2.75, 3.05) is 39.3 Å². The minimum absolute atomic E-state index is 0.0574. The molecule has 0 atom stereocenters. The van der Waals surface area contributed by atoms with E-state index in [1.165, 1.54) is 19.3 Å². The molecule has 0 unspecified atom stereocenters. The van der Waals surface area contributed by atoms with Crippen molar-refractivity contribution in [3.8, 4) is 0 Å². The third-order valence-electron chi connectivity index (χ3n) is 5.52. The van der Waals surface area contributed by atoms with E-state index >= 15 is 0 Å². The summed E-state index contributed by atoms with van der Waals surface area (Å²) in [5.74, 6) is -1.27. The predicted molar refractivity (Wildman–Crippen MR) is 101 cm³/mol. The molecule has 1 aliphatic heterocycles. The summed E-state index contributed by atoms with van der Waals surface area (Å²) >= 11 is 0. The first kappa shape index (κ1) is 21.1. The Morgan fingerprint density at radius 3 is 2.43 bits per heavy atom. The molecule has 1 saturated heterocycles. The Bertz CT molecular complexity index is 790. The quantitative estimate of drug-likeness (QED) is 0.771. The van der Waals surface area contributed by atoms with Gasteiger partial charge in [-0.1, -0.05) is 19.3 Å². The lowest BCUT2D eigenvalue weighted by Gasteiger charge is -2.33. The summed E-state index contributed by atoms with van der Waals surface area (Å²) in [7, 11) is -4.10. The van der Waals surface area contributed by atoms with Gasteiger partial charge in [-0.25, -0.2) is 17.2 Å². The molecule has 0 spiro atoms. The zero-order chi connectivity index (χ0) is 20.1. The Hall–Kier alpha value is -1.58. The Kier molecular flexibility index (Phi) is 7.00. The van der Waals surface area contributed by atoms with E-state index in [2.05, 4.69) is 5.32 Å². The number of benzene rings is 1. The van der Waals surface area contributed by atoms with Crippen LogP contribution < -0.4 is 5.32 Å². The van der Waals surface area contributed by atoms with Crippen molar-refractivity contribution >= 4 is 15.9 Å². The van der Waals surface area contributed by atoms with Crippen LogP contribution in [-0.4, -0.2) is 62.8 Å². The van der Waals surface area contributed by atoms with E-state index in [1.807, 2.05) is 4.90 Å². The molecule has 1 aromatic carbocycles. The second-order valence-electron chi connectivity index (χ2n) is 7.56. The zero-order valence-electron chi connectivity index (χ0n) is 15.9. The van der Waals surface area contributed by atoms with Crippen molar-refractivity contribution < 1.29 is 22.0 Å². The van der Waals surface area contributed by atoms with E-state index in [-0.39, 0.29) is 25.5 Å². The summed E-state index contributed by atoms with van der Waals surface area (Å²) in [5.41, 5.74) is 0. The average Bonchev–Trinajstić information content (AvgIpc) is 2.69. The van der Waals surface area contributed by atoms with Crippen LogP contribution in [0, 0.1) is 17.6 Å². The largest absolute Gasteiger partial charge is 0.355 e. The van der Waals surface area contributed by atoms with Crippen LogP contribution in [0.25, 0.3) is 0 Å². The minimum atomic E-state index is -4.10. The maximum Gasteiger partial charge on any atom is 0.246 e. The van der Waals surface area contributed by atoms with E-state index in [1.54, 1.807) is 0 Å². The monoisotopic (exact) mass is 415 g/mol. The molecule has 0 radical (unpaired) electrons. The fraction of sp³-hybridized carbons (Fsp3) is 0.632. The highest BCUT2D eigenvalue weighted by molar-refractivity contribution is 7.89. The van der Waals surface area contributed by atoms with E-state index in [9.17, 15) is 22.0 Å². The van der Waals surface area contributed by atoms with Crippen molar-refractivity contribution in [2.45, 2.75) is 37.0 Å². The van der Waals surface area contributed by atoms with Crippen molar-refractivity contribution in [3.63, 3.8) is 0 Å². The predicted octanol–water partition coefficient (Wildman–Crippen LogP) is 1.97. The van der Waals surface area contributed by atoms with Gasteiger partial charge >= 0.3 is 0 Å². The first-order chi connectivity index (χ1) is 13.4. The van der Waals surface area contributed by atoms with Crippen LogP contribution in [0.5, 0.6) is 0 Å². The Morgan fingerprint density at radius 1 is 1.07 bits per heavy atom. The summed E-state index contributed by atoms with van der Waals surface area (Å²) in [6.45, 7) is 1.92. The molecule has 3 rings (SSSR count). The molecule has 156 valence electrons. The van der Waals surface area contributed by atoms with Crippen LogP contribution >= 0.6 is 0 Å². The third-order valence-corrected chi connectivity index (χ3v) is 7.44. The number of rotatable bonds is 6. The standard InChI is InChI=1S/C19H27F2N3O3S/c20-16-6-7-17(21)18(12-16)28(26,27)24-10-8-23(9-11-24)14-19(25)22-13-15-4-2-1-3-5-15/h6-7,12,15H,1-5,8-11,13-14H2,(H,22,25). The molecular formula is C19H27F2N3O3S. The molecule has 1 N–H and O–H groups in total. The van der Waals surface area contributed by atoms with Gasteiger partial charge in [0.25, 0.3) is 0 Å². The van der Waals surface area contributed by atoms with Gasteiger partial charge in [0.15, 0.2) is 0 Å². The van der Waals surface area contributed by atoms with E-state index in [0.29, 0.717) is 31.6 Å². The number of hydrogen-bond acceptors (Lipinski definition) is 4. The Labute approximate surface area is 164 Å². The molecule has 2 aliphatic rings. The molecule has 1 aromatic rings. The number of nitrogens with zero attached hydrogens (tertiary/aromatic N) is 2. The highest BCUT2D eigenvalue weighted by Crippen LogP contribution is 2.23. The smallest absolute Gasteiger partial charge is 0.246 e. The number of carbonyl (C=O) groups is 1. The Balaban J connectivity index is 1.48. The van der Waals surface area contributed by atoms with Gasteiger partial charge in [-0.15, -0.1) is 0 Å². The fourth-order valence-corrected chi connectivity index (χ4v) is 5.35. The number of sulfonamides is 1. The van der Waals surface area contributed by atoms with Gasteiger partial charge in [-0.2, -0.15) is 4.31 Å². The van der Waals surface area contributed by atoms with Crippen LogP contribution in [0.3, 0.4) is 0 Å². The lowest BCUT2D eigenvalue weighted by molar-refractivity contribution is -0.122. The van der Waals surface area contributed by atoms with Gasteiger partial charge < -0.3 is 5.32 Å². The molecule has 28 heavy (non-hydrogen) atoms. The van der Waals surface area contributed by atoms with Gasteiger partial charge in [-0.3, -0.25) is 9.69 Å². The first-order valence-electron chi connectivity index (χ1n) is 9.80. The number of amides is 1. The van der Waals surface area contributed by atoms with Crippen molar-refractivity contribution in [1.82, 2.24) is 14.5 Å². The van der Waals surface area contributed by atoms with Gasteiger partial charge in [0.05, 0.1) is 6.54 Å². The normalized spacial score (nSPS) is 20.2. The molecule has 1 amide bonds. The maximum absolute atomic E-state index is 13.9. The summed E-state index contributed by atoms with van der Waals surface area (Å²) in [6, 6.07) is 2.41. The van der Waals surface area contributed by atoms with E-state index < -0.39 is 26.6 Å². The summed E-state index contributed by atoms with van der Waals surface area (Å²) in [6.07, 6.45) is 6.05. The van der Waals surface area contributed by atoms with Gasteiger partial charge in [0, 0.05) is 32.7 Å². The number of carbonyl (C=O) groups excluding carboxylic acids is 1. The number of hydrogen-bond donors (Lipinski definition) is 1. The molecule has 0 aromatic heterocycles. The third kappa shape index (κ3) is 5.27. The molecule has 1 heterocycles. The molecular weight excluding hydrogens is 388 g/mol. The van der Waals surface area contributed by atoms with Crippen molar-refractivity contribution in [2.24, 2.45) is 5.92 Å². The Morgan fingerprint density at radius 2 is 1.75 bits per heavy atom. The zero-order valence-corrected chi connectivity index (χ0v) is 16.7. The van der Waals surface area contributed by atoms with Crippen LogP contribution in [0.1, 0.15) is 32.1 Å². The first-order valence-corrected chi connectivity index (χ1v) is 11.2. The summed E-state index contributed by atoms with van der Waals surface area (Å²) in [4.78, 5) is 13.4. The second-order valence-corrected chi connectivity index (χ2v) is 9.47. The number of nitrogens with one attached hydrogen (secondary N) is 1. The van der Waals surface area contributed by atoms with Crippen molar-refractivity contribution in [1.29, 1.82) is 0 Å². The average molecular weight is 416 g/mol. The molecule has 6 nitrogen and oxygen atoms in total. The minimum Gasteiger partial charge on any atom is -0.355 e. The topological polar surface area (TPSA) is 69.7 Å². The molecule has 1 aliphatic carbocycles. The lowest BCUT2D eigenvalue weighted by atomic mass is 9.89. The summed E-state index contributed by atoms with van der Waals surface area (Å²) < 4.78 is 53.5. The molecule has 2 fully saturated rings. The van der Waals surface area contributed by atoms with Crippen LogP contribution in [0.15, 0.2) is 23.1 Å². The number of piperazine rings is 1. The number of halogens is 2. The lowest BCUT2D eigenvalue weighted by Crippen LogP contribution is -2.51. The van der Waals surface area contributed by atoms with Gasteiger partial charge in [0.1, 0.15) is 16.5 Å². The van der Waals surface area contributed by atoms with Gasteiger partial charge in [-0.05, 0) is 37.0 Å². The summed E-state index contributed by atoms with van der Waals surface area (Å²) in [5, 5.41) is 2.98. The SMILES string of the molecule is O=C(CN1CCN(S(=O)(=O)c2cc(F)ccc2F)CC1)NCC1CCCCC1. The second kappa shape index (κ2) is 9.28.